The van der Waals surface area contributed by atoms with Gasteiger partial charge in [-0.05, 0) is 63.2 Å². The third-order valence-corrected chi connectivity index (χ3v) is 4.64. The maximum atomic E-state index is 12.5. The van der Waals surface area contributed by atoms with Crippen molar-refractivity contribution in [2.24, 2.45) is 0 Å². The number of anilines is 3. The van der Waals surface area contributed by atoms with Crippen molar-refractivity contribution in [2.75, 3.05) is 17.7 Å². The summed E-state index contributed by atoms with van der Waals surface area (Å²) in [6, 6.07) is 14.6. The van der Waals surface area contributed by atoms with E-state index in [1.165, 1.54) is 7.11 Å². The molecule has 7 heteroatoms. The molecule has 0 saturated carbocycles. The van der Waals surface area contributed by atoms with E-state index in [4.69, 9.17) is 4.74 Å². The molecule has 3 aromatic rings. The van der Waals surface area contributed by atoms with Crippen molar-refractivity contribution in [1.29, 1.82) is 0 Å². The summed E-state index contributed by atoms with van der Waals surface area (Å²) >= 11 is 0. The molecule has 0 aliphatic heterocycles. The van der Waals surface area contributed by atoms with Gasteiger partial charge in [-0.15, -0.1) is 0 Å². The van der Waals surface area contributed by atoms with Gasteiger partial charge < -0.3 is 15.4 Å². The molecule has 0 aliphatic carbocycles. The van der Waals surface area contributed by atoms with Gasteiger partial charge in [0, 0.05) is 35.6 Å². The Morgan fingerprint density at radius 1 is 0.871 bits per heavy atom. The van der Waals surface area contributed by atoms with E-state index in [-0.39, 0.29) is 24.5 Å². The number of methoxy groups -OCH3 is 1. The zero-order chi connectivity index (χ0) is 22.4. The Bertz CT molecular complexity index is 1070. The minimum Gasteiger partial charge on any atom is -0.496 e. The van der Waals surface area contributed by atoms with Crippen LogP contribution in [0.25, 0.3) is 0 Å². The first-order valence-electron chi connectivity index (χ1n) is 10.0. The SMILES string of the molecule is COc1ccc(C)cc1C(=O)CCC(=O)Nc1ccc(Nc2nc(C)cc(C)n2)cc1. The Balaban J connectivity index is 1.55. The second-order valence-electron chi connectivity index (χ2n) is 7.35. The van der Waals surface area contributed by atoms with Crippen molar-refractivity contribution >= 4 is 29.0 Å². The number of aryl methyl sites for hydroxylation is 3. The maximum Gasteiger partial charge on any atom is 0.227 e. The van der Waals surface area contributed by atoms with E-state index in [2.05, 4.69) is 20.6 Å². The van der Waals surface area contributed by atoms with Crippen LogP contribution in [0.15, 0.2) is 48.5 Å². The fraction of sp³-hybridized carbons (Fsp3) is 0.250. The third-order valence-electron chi connectivity index (χ3n) is 4.64. The van der Waals surface area contributed by atoms with Gasteiger partial charge >= 0.3 is 0 Å². The Morgan fingerprint density at radius 2 is 1.52 bits per heavy atom. The molecular formula is C24H26N4O3. The Morgan fingerprint density at radius 3 is 2.16 bits per heavy atom. The van der Waals surface area contributed by atoms with Crippen LogP contribution in [0.5, 0.6) is 5.75 Å². The number of ether oxygens (including phenoxy) is 1. The van der Waals surface area contributed by atoms with Gasteiger partial charge in [0.25, 0.3) is 0 Å². The Labute approximate surface area is 181 Å². The van der Waals surface area contributed by atoms with Crippen LogP contribution < -0.4 is 15.4 Å². The number of amides is 1. The van der Waals surface area contributed by atoms with Gasteiger partial charge in [-0.3, -0.25) is 9.59 Å². The van der Waals surface area contributed by atoms with Gasteiger partial charge in [-0.1, -0.05) is 11.6 Å². The number of aromatic nitrogens is 2. The van der Waals surface area contributed by atoms with Gasteiger partial charge in [0.1, 0.15) is 5.75 Å². The number of carbonyl (C=O) groups excluding carboxylic acids is 2. The van der Waals surface area contributed by atoms with E-state index in [0.29, 0.717) is 22.9 Å². The van der Waals surface area contributed by atoms with Crippen LogP contribution in [0.4, 0.5) is 17.3 Å². The highest BCUT2D eigenvalue weighted by Crippen LogP contribution is 2.22. The van der Waals surface area contributed by atoms with E-state index < -0.39 is 0 Å². The lowest BCUT2D eigenvalue weighted by molar-refractivity contribution is -0.116. The molecule has 0 aliphatic rings. The molecule has 0 saturated heterocycles. The minimum atomic E-state index is -0.224. The number of ketones is 1. The molecule has 1 amide bonds. The first-order valence-corrected chi connectivity index (χ1v) is 10.0. The second-order valence-corrected chi connectivity index (χ2v) is 7.35. The molecule has 0 spiro atoms. The molecule has 1 aromatic heterocycles. The van der Waals surface area contributed by atoms with Crippen molar-refractivity contribution in [3.8, 4) is 5.75 Å². The summed E-state index contributed by atoms with van der Waals surface area (Å²) in [4.78, 5) is 33.5. The van der Waals surface area contributed by atoms with E-state index >= 15 is 0 Å². The van der Waals surface area contributed by atoms with Crippen molar-refractivity contribution < 1.29 is 14.3 Å². The highest BCUT2D eigenvalue weighted by Gasteiger charge is 2.14. The fourth-order valence-electron chi connectivity index (χ4n) is 3.17. The highest BCUT2D eigenvalue weighted by molar-refractivity contribution is 6.01. The van der Waals surface area contributed by atoms with Crippen molar-refractivity contribution in [2.45, 2.75) is 33.6 Å². The number of rotatable bonds is 8. The number of benzene rings is 2. The molecule has 3 rings (SSSR count). The predicted molar refractivity (Wildman–Crippen MR) is 121 cm³/mol. The van der Waals surface area contributed by atoms with E-state index in [1.54, 1.807) is 24.3 Å². The molecule has 7 nitrogen and oxygen atoms in total. The lowest BCUT2D eigenvalue weighted by Gasteiger charge is -2.10. The van der Waals surface area contributed by atoms with Gasteiger partial charge in [-0.25, -0.2) is 9.97 Å². The quantitative estimate of drug-likeness (QED) is 0.513. The summed E-state index contributed by atoms with van der Waals surface area (Å²) in [7, 11) is 1.53. The van der Waals surface area contributed by atoms with Crippen molar-refractivity contribution in [3.63, 3.8) is 0 Å². The maximum absolute atomic E-state index is 12.5. The Kier molecular flexibility index (Phi) is 6.97. The molecule has 31 heavy (non-hydrogen) atoms. The number of hydrogen-bond donors (Lipinski definition) is 2. The summed E-state index contributed by atoms with van der Waals surface area (Å²) < 4.78 is 5.25. The van der Waals surface area contributed by atoms with Crippen LogP contribution in [0, 0.1) is 20.8 Å². The standard InChI is InChI=1S/C24H26N4O3/c1-15-5-11-22(31-4)20(13-15)21(29)10-12-23(30)27-18-6-8-19(9-7-18)28-24-25-16(2)14-17(3)26-24/h5-9,11,13-14H,10,12H2,1-4H3,(H,27,30)(H,25,26,28). The molecular weight excluding hydrogens is 392 g/mol. The number of hydrogen-bond acceptors (Lipinski definition) is 6. The van der Waals surface area contributed by atoms with E-state index in [1.807, 2.05) is 45.0 Å². The van der Waals surface area contributed by atoms with Crippen LogP contribution in [0.3, 0.4) is 0 Å². The molecule has 0 fully saturated rings. The highest BCUT2D eigenvalue weighted by atomic mass is 16.5. The van der Waals surface area contributed by atoms with Gasteiger partial charge in [0.05, 0.1) is 12.7 Å². The topological polar surface area (TPSA) is 93.2 Å². The first-order chi connectivity index (χ1) is 14.8. The average molecular weight is 418 g/mol. The summed E-state index contributed by atoms with van der Waals surface area (Å²) in [6.45, 7) is 5.74. The smallest absolute Gasteiger partial charge is 0.227 e. The Hall–Kier alpha value is -3.74. The van der Waals surface area contributed by atoms with Crippen molar-refractivity contribution in [3.05, 3.63) is 71.0 Å². The number of nitrogens with zero attached hydrogens (tertiary/aromatic N) is 2. The van der Waals surface area contributed by atoms with Gasteiger partial charge in [0.2, 0.25) is 11.9 Å². The predicted octanol–water partition coefficient (Wildman–Crippen LogP) is 4.76. The van der Waals surface area contributed by atoms with Gasteiger partial charge in [-0.2, -0.15) is 0 Å². The van der Waals surface area contributed by atoms with E-state index in [9.17, 15) is 9.59 Å². The van der Waals surface area contributed by atoms with Crippen LogP contribution in [-0.4, -0.2) is 28.8 Å². The summed E-state index contributed by atoms with van der Waals surface area (Å²) in [5.41, 5.74) is 4.70. The summed E-state index contributed by atoms with van der Waals surface area (Å²) in [5.74, 6) is 0.702. The van der Waals surface area contributed by atoms with Crippen molar-refractivity contribution in [1.82, 2.24) is 9.97 Å². The minimum absolute atomic E-state index is 0.0896. The molecule has 0 bridgehead atoms. The van der Waals surface area contributed by atoms with Crippen LogP contribution in [0.1, 0.15) is 40.2 Å². The van der Waals surface area contributed by atoms with Crippen LogP contribution >= 0.6 is 0 Å². The summed E-state index contributed by atoms with van der Waals surface area (Å²) in [5, 5.41) is 5.96. The van der Waals surface area contributed by atoms with Crippen LogP contribution in [-0.2, 0) is 4.79 Å². The second kappa shape index (κ2) is 9.84. The largest absolute Gasteiger partial charge is 0.496 e. The average Bonchev–Trinajstić information content (AvgIpc) is 2.72. The first kappa shape index (κ1) is 22.0. The number of Topliss-reactive ketones (excluding diaryl/α,β-unsaturated/α-hetero) is 1. The number of nitrogens with one attached hydrogen (secondary N) is 2. The third kappa shape index (κ3) is 6.12. The molecule has 2 aromatic carbocycles. The lowest BCUT2D eigenvalue weighted by Crippen LogP contribution is -2.14. The lowest BCUT2D eigenvalue weighted by atomic mass is 10.0. The molecule has 0 atom stereocenters. The summed E-state index contributed by atoms with van der Waals surface area (Å²) in [6.07, 6.45) is 0.196. The number of carbonyl (C=O) groups is 2. The molecule has 1 heterocycles. The molecule has 0 radical (unpaired) electrons. The molecule has 160 valence electrons. The van der Waals surface area contributed by atoms with E-state index in [0.717, 1.165) is 22.6 Å². The van der Waals surface area contributed by atoms with Crippen LogP contribution in [0.2, 0.25) is 0 Å². The normalized spacial score (nSPS) is 10.5. The fourth-order valence-corrected chi connectivity index (χ4v) is 3.17. The molecule has 0 unspecified atom stereocenters. The zero-order valence-corrected chi connectivity index (χ0v) is 18.2. The monoisotopic (exact) mass is 418 g/mol. The van der Waals surface area contributed by atoms with Gasteiger partial charge in [0.15, 0.2) is 5.78 Å². The molecule has 2 N–H and O–H groups in total. The zero-order valence-electron chi connectivity index (χ0n) is 18.2.